The maximum atomic E-state index is 6.21. The number of para-hydroxylation sites is 1. The van der Waals surface area contributed by atoms with Crippen LogP contribution in [0.25, 0.3) is 11.1 Å². The molecule has 29 heavy (non-hydrogen) atoms. The average molecular weight is 388 g/mol. The number of ether oxygens (including phenoxy) is 2. The second-order valence-electron chi connectivity index (χ2n) is 6.96. The van der Waals surface area contributed by atoms with Gasteiger partial charge in [-0.2, -0.15) is 0 Å². The molecule has 1 aliphatic heterocycles. The highest BCUT2D eigenvalue weighted by Gasteiger charge is 2.25. The van der Waals surface area contributed by atoms with E-state index in [0.717, 1.165) is 43.1 Å². The Morgan fingerprint density at radius 3 is 2.59 bits per heavy atom. The Balaban J connectivity index is 1.53. The molecule has 0 bridgehead atoms. The van der Waals surface area contributed by atoms with Crippen LogP contribution in [0, 0.1) is 0 Å². The number of nitrogens with two attached hydrogens (primary N) is 1. The minimum absolute atomic E-state index is 0.0729. The van der Waals surface area contributed by atoms with Crippen molar-refractivity contribution in [3.05, 3.63) is 73.6 Å². The second kappa shape index (κ2) is 8.75. The largest absolute Gasteiger partial charge is 0.472 e. The molecule has 3 aromatic rings. The third kappa shape index (κ3) is 4.55. The lowest BCUT2D eigenvalue weighted by atomic mass is 10.1. The second-order valence-corrected chi connectivity index (χ2v) is 6.96. The molecule has 148 valence electrons. The molecule has 0 spiro atoms. The first-order chi connectivity index (χ1) is 14.2. The molecule has 0 aliphatic carbocycles. The highest BCUT2D eigenvalue weighted by Crippen LogP contribution is 2.35. The van der Waals surface area contributed by atoms with Crippen LogP contribution in [0.1, 0.15) is 6.42 Å². The predicted octanol–water partition coefficient (Wildman–Crippen LogP) is 4.16. The third-order valence-electron chi connectivity index (χ3n) is 4.86. The zero-order valence-corrected chi connectivity index (χ0v) is 16.2. The number of hydrogen-bond donors (Lipinski definition) is 1. The van der Waals surface area contributed by atoms with E-state index in [4.69, 9.17) is 15.2 Å². The van der Waals surface area contributed by atoms with E-state index in [1.807, 2.05) is 60.7 Å². The Kier molecular flexibility index (Phi) is 5.72. The van der Waals surface area contributed by atoms with Crippen LogP contribution in [-0.4, -0.2) is 40.6 Å². The number of nitrogen functional groups attached to an aromatic ring is 1. The SMILES string of the molecule is C=CCN1CC[C@@H](Oc2ncnc(N)c2-c2ccc(Oc3ccccc3)cc2)C1. The molecule has 2 aromatic carbocycles. The Labute approximate surface area is 170 Å². The van der Waals surface area contributed by atoms with Gasteiger partial charge in [0.05, 0.1) is 5.56 Å². The summed E-state index contributed by atoms with van der Waals surface area (Å²) in [5, 5.41) is 0. The summed E-state index contributed by atoms with van der Waals surface area (Å²) in [7, 11) is 0. The highest BCUT2D eigenvalue weighted by molar-refractivity contribution is 5.78. The van der Waals surface area contributed by atoms with Gasteiger partial charge < -0.3 is 15.2 Å². The molecule has 1 fully saturated rings. The van der Waals surface area contributed by atoms with Crippen molar-refractivity contribution >= 4 is 5.82 Å². The molecule has 1 aliphatic rings. The lowest BCUT2D eigenvalue weighted by molar-refractivity contribution is 0.197. The minimum atomic E-state index is 0.0729. The van der Waals surface area contributed by atoms with Crippen molar-refractivity contribution in [2.24, 2.45) is 0 Å². The number of hydrogen-bond acceptors (Lipinski definition) is 6. The van der Waals surface area contributed by atoms with Crippen molar-refractivity contribution in [1.82, 2.24) is 14.9 Å². The summed E-state index contributed by atoms with van der Waals surface area (Å²) in [4.78, 5) is 10.8. The van der Waals surface area contributed by atoms with E-state index in [1.54, 1.807) is 0 Å². The smallest absolute Gasteiger partial charge is 0.226 e. The van der Waals surface area contributed by atoms with Gasteiger partial charge in [0, 0.05) is 19.6 Å². The average Bonchev–Trinajstić information content (AvgIpc) is 3.17. The van der Waals surface area contributed by atoms with E-state index in [0.29, 0.717) is 17.3 Å². The predicted molar refractivity (Wildman–Crippen MR) is 114 cm³/mol. The van der Waals surface area contributed by atoms with Gasteiger partial charge in [-0.3, -0.25) is 4.90 Å². The van der Waals surface area contributed by atoms with Gasteiger partial charge in [-0.15, -0.1) is 6.58 Å². The summed E-state index contributed by atoms with van der Waals surface area (Å²) < 4.78 is 12.1. The fourth-order valence-electron chi connectivity index (χ4n) is 3.46. The van der Waals surface area contributed by atoms with E-state index in [1.165, 1.54) is 6.33 Å². The summed E-state index contributed by atoms with van der Waals surface area (Å²) in [5.74, 6) is 2.44. The van der Waals surface area contributed by atoms with Gasteiger partial charge in [-0.05, 0) is 36.2 Å². The normalized spacial score (nSPS) is 16.5. The lowest BCUT2D eigenvalue weighted by Gasteiger charge is -2.17. The molecular weight excluding hydrogens is 364 g/mol. The van der Waals surface area contributed by atoms with Gasteiger partial charge in [0.25, 0.3) is 0 Å². The number of benzene rings is 2. The van der Waals surface area contributed by atoms with Gasteiger partial charge in [-0.25, -0.2) is 9.97 Å². The topological polar surface area (TPSA) is 73.5 Å². The summed E-state index contributed by atoms with van der Waals surface area (Å²) in [5.41, 5.74) is 7.78. The van der Waals surface area contributed by atoms with E-state index in [9.17, 15) is 0 Å². The zero-order chi connectivity index (χ0) is 20.1. The van der Waals surface area contributed by atoms with Crippen molar-refractivity contribution in [2.45, 2.75) is 12.5 Å². The van der Waals surface area contributed by atoms with Gasteiger partial charge >= 0.3 is 0 Å². The van der Waals surface area contributed by atoms with Crippen LogP contribution in [-0.2, 0) is 0 Å². The van der Waals surface area contributed by atoms with Crippen LogP contribution in [0.5, 0.6) is 17.4 Å². The van der Waals surface area contributed by atoms with Crippen molar-refractivity contribution in [2.75, 3.05) is 25.4 Å². The summed E-state index contributed by atoms with van der Waals surface area (Å²) in [6.07, 6.45) is 4.37. The van der Waals surface area contributed by atoms with E-state index < -0.39 is 0 Å². The molecule has 2 heterocycles. The summed E-state index contributed by atoms with van der Waals surface area (Å²) in [6.45, 7) is 6.50. The summed E-state index contributed by atoms with van der Waals surface area (Å²) >= 11 is 0. The Hall–Kier alpha value is -3.38. The van der Waals surface area contributed by atoms with Crippen molar-refractivity contribution < 1.29 is 9.47 Å². The first-order valence-electron chi connectivity index (χ1n) is 9.66. The van der Waals surface area contributed by atoms with Crippen molar-refractivity contribution in [1.29, 1.82) is 0 Å². The first kappa shape index (κ1) is 19.0. The zero-order valence-electron chi connectivity index (χ0n) is 16.2. The number of rotatable bonds is 7. The lowest BCUT2D eigenvalue weighted by Crippen LogP contribution is -2.25. The van der Waals surface area contributed by atoms with Gasteiger partial charge in [0.15, 0.2) is 0 Å². The molecule has 0 radical (unpaired) electrons. The Bertz CT molecular complexity index is 960. The molecule has 1 aromatic heterocycles. The molecule has 0 amide bonds. The molecule has 0 saturated carbocycles. The molecule has 6 nitrogen and oxygen atoms in total. The molecule has 4 rings (SSSR count). The van der Waals surface area contributed by atoms with Crippen LogP contribution in [0.2, 0.25) is 0 Å². The molecule has 6 heteroatoms. The summed E-state index contributed by atoms with van der Waals surface area (Å²) in [6, 6.07) is 17.4. The minimum Gasteiger partial charge on any atom is -0.472 e. The fourth-order valence-corrected chi connectivity index (χ4v) is 3.46. The van der Waals surface area contributed by atoms with E-state index in [-0.39, 0.29) is 6.10 Å². The quantitative estimate of drug-likeness (QED) is 0.613. The maximum absolute atomic E-state index is 6.21. The number of nitrogens with zero attached hydrogens (tertiary/aromatic N) is 3. The monoisotopic (exact) mass is 388 g/mol. The van der Waals surface area contributed by atoms with Crippen LogP contribution in [0.15, 0.2) is 73.6 Å². The van der Waals surface area contributed by atoms with Crippen molar-refractivity contribution in [3.63, 3.8) is 0 Å². The van der Waals surface area contributed by atoms with Gasteiger partial charge in [0.1, 0.15) is 29.7 Å². The van der Waals surface area contributed by atoms with Crippen LogP contribution >= 0.6 is 0 Å². The fraction of sp³-hybridized carbons (Fsp3) is 0.217. The highest BCUT2D eigenvalue weighted by atomic mass is 16.5. The maximum Gasteiger partial charge on any atom is 0.226 e. The third-order valence-corrected chi connectivity index (χ3v) is 4.86. The molecule has 2 N–H and O–H groups in total. The van der Waals surface area contributed by atoms with Crippen LogP contribution in [0.4, 0.5) is 5.82 Å². The van der Waals surface area contributed by atoms with Gasteiger partial charge in [0.2, 0.25) is 5.88 Å². The van der Waals surface area contributed by atoms with E-state index >= 15 is 0 Å². The molecule has 0 unspecified atom stereocenters. The number of anilines is 1. The van der Waals surface area contributed by atoms with Crippen molar-refractivity contribution in [3.8, 4) is 28.5 Å². The number of likely N-dealkylation sites (tertiary alicyclic amines) is 1. The van der Waals surface area contributed by atoms with Crippen LogP contribution in [0.3, 0.4) is 0 Å². The molecular formula is C23H24N4O2. The Morgan fingerprint density at radius 2 is 1.83 bits per heavy atom. The Morgan fingerprint density at radius 1 is 1.07 bits per heavy atom. The molecule has 1 saturated heterocycles. The van der Waals surface area contributed by atoms with Gasteiger partial charge in [-0.1, -0.05) is 36.4 Å². The molecule has 1 atom stereocenters. The standard InChI is InChI=1S/C23H24N4O2/c1-2-13-27-14-12-20(15-27)29-23-21(22(24)25-16-26-23)17-8-10-19(11-9-17)28-18-6-4-3-5-7-18/h2-11,16,20H,1,12-15H2,(H2,24,25,26)/t20-/m1/s1. The van der Waals surface area contributed by atoms with E-state index in [2.05, 4.69) is 21.4 Å². The number of aromatic nitrogens is 2. The first-order valence-corrected chi connectivity index (χ1v) is 9.66. The van der Waals surface area contributed by atoms with Crippen LogP contribution < -0.4 is 15.2 Å².